The minimum atomic E-state index is 0.344. The number of rotatable bonds is 7. The van der Waals surface area contributed by atoms with Gasteiger partial charge < -0.3 is 19.9 Å². The number of nitrogens with zero attached hydrogens (tertiary/aromatic N) is 4. The highest BCUT2D eigenvalue weighted by atomic mass is 32.1. The fourth-order valence-corrected chi connectivity index (χ4v) is 4.64. The maximum absolute atomic E-state index is 5.29. The van der Waals surface area contributed by atoms with Gasteiger partial charge in [-0.25, -0.2) is 9.97 Å². The predicted octanol–water partition coefficient (Wildman–Crippen LogP) is 3.80. The number of benzene rings is 1. The first-order valence-corrected chi connectivity index (χ1v) is 11.1. The molecular weight excluding hydrogens is 382 g/mol. The molecule has 1 aliphatic rings. The number of thiophene rings is 1. The van der Waals surface area contributed by atoms with E-state index in [9.17, 15) is 0 Å². The number of nitrogens with one attached hydrogen (secondary N) is 1. The van der Waals surface area contributed by atoms with E-state index in [0.717, 1.165) is 66.5 Å². The Bertz CT molecular complexity index is 934. The van der Waals surface area contributed by atoms with Gasteiger partial charge in [-0.1, -0.05) is 12.1 Å². The Kier molecular flexibility index (Phi) is 6.28. The lowest BCUT2D eigenvalue weighted by Gasteiger charge is -2.33. The molecule has 4 rings (SSSR count). The highest BCUT2D eigenvalue weighted by molar-refractivity contribution is 7.17. The quantitative estimate of drug-likeness (QED) is 0.638. The molecule has 1 aliphatic heterocycles. The van der Waals surface area contributed by atoms with Crippen LogP contribution >= 0.6 is 11.3 Å². The van der Waals surface area contributed by atoms with Gasteiger partial charge in [0.1, 0.15) is 22.7 Å². The summed E-state index contributed by atoms with van der Waals surface area (Å²) >= 11 is 1.66. The van der Waals surface area contributed by atoms with Crippen molar-refractivity contribution >= 4 is 27.4 Å². The average molecular weight is 412 g/mol. The molecule has 0 aliphatic carbocycles. The molecule has 1 aromatic carbocycles. The van der Waals surface area contributed by atoms with E-state index in [4.69, 9.17) is 4.74 Å². The fourth-order valence-electron chi connectivity index (χ4n) is 3.72. The first kappa shape index (κ1) is 20.1. The van der Waals surface area contributed by atoms with E-state index in [2.05, 4.69) is 56.6 Å². The van der Waals surface area contributed by atoms with Crippen LogP contribution in [0.2, 0.25) is 0 Å². The molecule has 1 unspecified atom stereocenters. The zero-order valence-electron chi connectivity index (χ0n) is 17.4. The molecule has 1 saturated heterocycles. The second-order valence-electron chi connectivity index (χ2n) is 7.76. The van der Waals surface area contributed by atoms with Crippen LogP contribution in [0, 0.1) is 0 Å². The van der Waals surface area contributed by atoms with Crippen molar-refractivity contribution in [3.05, 3.63) is 36.0 Å². The average Bonchev–Trinajstić information content (AvgIpc) is 3.19. The first-order valence-electron chi connectivity index (χ1n) is 10.2. The van der Waals surface area contributed by atoms with Crippen molar-refractivity contribution in [1.29, 1.82) is 0 Å². The first-order chi connectivity index (χ1) is 14.1. The summed E-state index contributed by atoms with van der Waals surface area (Å²) in [5, 5.41) is 6.92. The number of methoxy groups -OCH3 is 1. The summed E-state index contributed by atoms with van der Waals surface area (Å²) in [6.07, 6.45) is 2.75. The molecular formula is C22H29N5OS. The fraction of sp³-hybridized carbons (Fsp3) is 0.455. The van der Waals surface area contributed by atoms with Crippen molar-refractivity contribution in [3.63, 3.8) is 0 Å². The van der Waals surface area contributed by atoms with E-state index in [1.54, 1.807) is 24.8 Å². The van der Waals surface area contributed by atoms with E-state index >= 15 is 0 Å². The number of hydrogen-bond acceptors (Lipinski definition) is 7. The Morgan fingerprint density at radius 3 is 2.62 bits per heavy atom. The van der Waals surface area contributed by atoms with Gasteiger partial charge in [0, 0.05) is 49.7 Å². The molecule has 6 nitrogen and oxygen atoms in total. The van der Waals surface area contributed by atoms with Gasteiger partial charge in [-0.3, -0.25) is 0 Å². The SMILES string of the molecule is COc1ccc(-c2csc3ncnc(NC(C)CCN4CCN(C)CC4)c23)cc1. The molecule has 2 aromatic heterocycles. The number of fused-ring (bicyclic) bond motifs is 1. The van der Waals surface area contributed by atoms with Gasteiger partial charge in [0.2, 0.25) is 0 Å². The van der Waals surface area contributed by atoms with Crippen molar-refractivity contribution in [2.75, 3.05) is 52.2 Å². The van der Waals surface area contributed by atoms with Crippen LogP contribution in [0.15, 0.2) is 36.0 Å². The Labute approximate surface area is 176 Å². The molecule has 1 atom stereocenters. The molecule has 1 N–H and O–H groups in total. The van der Waals surface area contributed by atoms with Gasteiger partial charge in [-0.15, -0.1) is 11.3 Å². The normalized spacial score (nSPS) is 16.8. The topological polar surface area (TPSA) is 53.5 Å². The van der Waals surface area contributed by atoms with Gasteiger partial charge >= 0.3 is 0 Å². The smallest absolute Gasteiger partial charge is 0.139 e. The van der Waals surface area contributed by atoms with Gasteiger partial charge in [0.15, 0.2) is 0 Å². The van der Waals surface area contributed by atoms with Crippen molar-refractivity contribution in [2.45, 2.75) is 19.4 Å². The number of aromatic nitrogens is 2. The minimum absolute atomic E-state index is 0.344. The number of anilines is 1. The van der Waals surface area contributed by atoms with Crippen LogP contribution in [0.5, 0.6) is 5.75 Å². The monoisotopic (exact) mass is 411 g/mol. The summed E-state index contributed by atoms with van der Waals surface area (Å²) < 4.78 is 5.29. The molecule has 0 spiro atoms. The standard InChI is InChI=1S/C22H29N5OS/c1-16(8-9-27-12-10-26(2)11-13-27)25-21-20-19(14-29-22(20)24-15-23-21)17-4-6-18(28-3)7-5-17/h4-7,14-16H,8-13H2,1-3H3,(H,23,24,25). The Balaban J connectivity index is 1.49. The lowest BCUT2D eigenvalue weighted by Crippen LogP contribution is -2.45. The van der Waals surface area contributed by atoms with Crippen LogP contribution in [-0.2, 0) is 0 Å². The van der Waals surface area contributed by atoms with E-state index in [-0.39, 0.29) is 0 Å². The minimum Gasteiger partial charge on any atom is -0.497 e. The maximum Gasteiger partial charge on any atom is 0.139 e. The van der Waals surface area contributed by atoms with Crippen LogP contribution in [0.4, 0.5) is 5.82 Å². The van der Waals surface area contributed by atoms with Crippen molar-refractivity contribution < 1.29 is 4.74 Å². The maximum atomic E-state index is 5.29. The lowest BCUT2D eigenvalue weighted by atomic mass is 10.1. The molecule has 3 aromatic rings. The van der Waals surface area contributed by atoms with Crippen molar-refractivity contribution in [3.8, 4) is 16.9 Å². The Morgan fingerprint density at radius 1 is 1.14 bits per heavy atom. The van der Waals surface area contributed by atoms with E-state index in [1.807, 2.05) is 12.1 Å². The summed E-state index contributed by atoms with van der Waals surface area (Å²) in [7, 11) is 3.89. The summed E-state index contributed by atoms with van der Waals surface area (Å²) in [5.74, 6) is 1.79. The molecule has 0 amide bonds. The molecule has 0 radical (unpaired) electrons. The van der Waals surface area contributed by atoms with E-state index < -0.39 is 0 Å². The number of ether oxygens (including phenoxy) is 1. The number of piperazine rings is 1. The lowest BCUT2D eigenvalue weighted by molar-refractivity contribution is 0.151. The van der Waals surface area contributed by atoms with Crippen LogP contribution in [0.3, 0.4) is 0 Å². The third kappa shape index (κ3) is 4.69. The summed E-state index contributed by atoms with van der Waals surface area (Å²) in [4.78, 5) is 15.0. The summed E-state index contributed by atoms with van der Waals surface area (Å²) in [5.41, 5.74) is 2.32. The summed E-state index contributed by atoms with van der Waals surface area (Å²) in [6, 6.07) is 8.52. The molecule has 7 heteroatoms. The highest BCUT2D eigenvalue weighted by Gasteiger charge is 2.17. The molecule has 0 saturated carbocycles. The third-order valence-corrected chi connectivity index (χ3v) is 6.51. The molecule has 154 valence electrons. The van der Waals surface area contributed by atoms with Gasteiger partial charge in [0.25, 0.3) is 0 Å². The third-order valence-electron chi connectivity index (χ3n) is 5.63. The Morgan fingerprint density at radius 2 is 1.90 bits per heavy atom. The van der Waals surface area contributed by atoms with E-state index in [1.165, 1.54) is 5.56 Å². The van der Waals surface area contributed by atoms with Crippen LogP contribution in [0.25, 0.3) is 21.3 Å². The van der Waals surface area contributed by atoms with Gasteiger partial charge in [0.05, 0.1) is 12.5 Å². The predicted molar refractivity (Wildman–Crippen MR) is 121 cm³/mol. The zero-order valence-corrected chi connectivity index (χ0v) is 18.2. The van der Waals surface area contributed by atoms with E-state index in [0.29, 0.717) is 6.04 Å². The van der Waals surface area contributed by atoms with Crippen LogP contribution in [-0.4, -0.2) is 72.7 Å². The number of hydrogen-bond donors (Lipinski definition) is 1. The van der Waals surface area contributed by atoms with Gasteiger partial charge in [-0.2, -0.15) is 0 Å². The molecule has 0 bridgehead atoms. The highest BCUT2D eigenvalue weighted by Crippen LogP contribution is 2.37. The second-order valence-corrected chi connectivity index (χ2v) is 8.62. The van der Waals surface area contributed by atoms with Crippen molar-refractivity contribution in [2.24, 2.45) is 0 Å². The molecule has 1 fully saturated rings. The zero-order chi connectivity index (χ0) is 20.2. The largest absolute Gasteiger partial charge is 0.497 e. The van der Waals surface area contributed by atoms with Crippen molar-refractivity contribution in [1.82, 2.24) is 19.8 Å². The Hall–Kier alpha value is -2.22. The second kappa shape index (κ2) is 9.07. The summed E-state index contributed by atoms with van der Waals surface area (Å²) in [6.45, 7) is 8.00. The molecule has 3 heterocycles. The van der Waals surface area contributed by atoms with Crippen LogP contribution in [0.1, 0.15) is 13.3 Å². The number of likely N-dealkylation sites (N-methyl/N-ethyl adjacent to an activating group) is 1. The van der Waals surface area contributed by atoms with Gasteiger partial charge in [-0.05, 0) is 38.1 Å². The molecule has 29 heavy (non-hydrogen) atoms. The van der Waals surface area contributed by atoms with Crippen LogP contribution < -0.4 is 10.1 Å².